The fourth-order valence-electron chi connectivity index (χ4n) is 3.62. The zero-order valence-electron chi connectivity index (χ0n) is 16.5. The molecule has 1 N–H and O–H groups in total. The van der Waals surface area contributed by atoms with Gasteiger partial charge >= 0.3 is 0 Å². The fourth-order valence-corrected chi connectivity index (χ4v) is 4.63. The lowest BCUT2D eigenvalue weighted by atomic mass is 10.1. The summed E-state index contributed by atoms with van der Waals surface area (Å²) >= 11 is 1.44. The van der Waals surface area contributed by atoms with Crippen LogP contribution < -0.4 is 10.2 Å². The van der Waals surface area contributed by atoms with Crippen LogP contribution in [0.2, 0.25) is 0 Å². The van der Waals surface area contributed by atoms with Gasteiger partial charge in [-0.3, -0.25) is 14.5 Å². The van der Waals surface area contributed by atoms with E-state index in [1.54, 1.807) is 18.3 Å². The zero-order valence-corrected chi connectivity index (χ0v) is 17.3. The Labute approximate surface area is 174 Å². The number of anilines is 2. The number of fused-ring (bicyclic) bond motifs is 2. The van der Waals surface area contributed by atoms with Gasteiger partial charge in [0, 0.05) is 16.8 Å². The molecule has 5 nitrogen and oxygen atoms in total. The Balaban J connectivity index is 1.67. The van der Waals surface area contributed by atoms with Gasteiger partial charge in [-0.2, -0.15) is 0 Å². The van der Waals surface area contributed by atoms with Crippen LogP contribution in [-0.2, 0) is 4.79 Å². The number of benzene rings is 2. The largest absolute Gasteiger partial charge is 0.324 e. The maximum Gasteiger partial charge on any atom is 0.261 e. The molecule has 0 spiro atoms. The van der Waals surface area contributed by atoms with Gasteiger partial charge in [-0.15, -0.1) is 0 Å². The van der Waals surface area contributed by atoms with Crippen LogP contribution in [0.4, 0.5) is 11.4 Å². The number of carbonyl (C=O) groups is 2. The first-order valence-corrected chi connectivity index (χ1v) is 10.2. The molecule has 0 bridgehead atoms. The van der Waals surface area contributed by atoms with Crippen molar-refractivity contribution >= 4 is 35.0 Å². The third-order valence-electron chi connectivity index (χ3n) is 4.85. The topological polar surface area (TPSA) is 62.3 Å². The number of nitrogens with zero attached hydrogens (tertiary/aromatic N) is 2. The molecule has 2 amide bonds. The molecule has 2 aromatic carbocycles. The Morgan fingerprint density at radius 3 is 2.55 bits per heavy atom. The number of rotatable bonds is 3. The van der Waals surface area contributed by atoms with E-state index in [-0.39, 0.29) is 18.4 Å². The van der Waals surface area contributed by atoms with Crippen molar-refractivity contribution in [3.63, 3.8) is 0 Å². The van der Waals surface area contributed by atoms with Crippen molar-refractivity contribution in [3.8, 4) is 0 Å². The minimum atomic E-state index is -0.236. The molecule has 0 radical (unpaired) electrons. The van der Waals surface area contributed by atoms with Gasteiger partial charge in [0.25, 0.3) is 5.91 Å². The smallest absolute Gasteiger partial charge is 0.261 e. The van der Waals surface area contributed by atoms with E-state index in [1.165, 1.54) is 16.7 Å². The number of pyridine rings is 1. The molecule has 0 fully saturated rings. The van der Waals surface area contributed by atoms with Crippen molar-refractivity contribution in [2.24, 2.45) is 0 Å². The van der Waals surface area contributed by atoms with Crippen LogP contribution in [0.15, 0.2) is 64.6 Å². The molecule has 3 aromatic rings. The van der Waals surface area contributed by atoms with Crippen molar-refractivity contribution in [2.75, 3.05) is 16.8 Å². The van der Waals surface area contributed by atoms with Gasteiger partial charge in [0.05, 0.1) is 11.3 Å². The fraction of sp³-hybridized carbons (Fsp3) is 0.174. The Bertz CT molecular complexity index is 1100. The molecule has 146 valence electrons. The highest BCUT2D eigenvalue weighted by atomic mass is 32.2. The van der Waals surface area contributed by atoms with Crippen molar-refractivity contribution in [1.29, 1.82) is 0 Å². The van der Waals surface area contributed by atoms with Crippen LogP contribution in [-0.4, -0.2) is 23.3 Å². The van der Waals surface area contributed by atoms with Gasteiger partial charge in [0.15, 0.2) is 0 Å². The monoisotopic (exact) mass is 403 g/mol. The predicted octanol–water partition coefficient (Wildman–Crippen LogP) is 4.76. The average molecular weight is 404 g/mol. The molecule has 4 rings (SSSR count). The lowest BCUT2D eigenvalue weighted by Crippen LogP contribution is -2.38. The normalized spacial score (nSPS) is 12.8. The van der Waals surface area contributed by atoms with Gasteiger partial charge in [0.2, 0.25) is 5.91 Å². The SMILES string of the molecule is Cc1cc(C)c(NC(=O)CN2C(=O)c3cccnc3Sc3ccccc32)c(C)c1. The highest BCUT2D eigenvalue weighted by Crippen LogP contribution is 2.40. The highest BCUT2D eigenvalue weighted by molar-refractivity contribution is 7.99. The maximum atomic E-state index is 13.3. The summed E-state index contributed by atoms with van der Waals surface area (Å²) in [6, 6.07) is 15.2. The third kappa shape index (κ3) is 3.76. The minimum Gasteiger partial charge on any atom is -0.324 e. The number of hydrogen-bond donors (Lipinski definition) is 1. The van der Waals surface area contributed by atoms with Crippen LogP contribution in [0.1, 0.15) is 27.0 Å². The summed E-state index contributed by atoms with van der Waals surface area (Å²) in [5.74, 6) is -0.460. The number of aromatic nitrogens is 1. The van der Waals surface area contributed by atoms with Crippen LogP contribution in [0.3, 0.4) is 0 Å². The van der Waals surface area contributed by atoms with Crippen LogP contribution >= 0.6 is 11.8 Å². The molecule has 1 aliphatic rings. The molecule has 0 saturated carbocycles. The molecule has 0 saturated heterocycles. The highest BCUT2D eigenvalue weighted by Gasteiger charge is 2.29. The summed E-state index contributed by atoms with van der Waals surface area (Å²) in [6.45, 7) is 5.90. The maximum absolute atomic E-state index is 13.3. The van der Waals surface area contributed by atoms with E-state index >= 15 is 0 Å². The Hall–Kier alpha value is -3.12. The molecule has 0 aliphatic carbocycles. The molecule has 2 heterocycles. The van der Waals surface area contributed by atoms with Crippen molar-refractivity contribution in [3.05, 3.63) is 77.0 Å². The molecule has 1 aromatic heterocycles. The van der Waals surface area contributed by atoms with Crippen molar-refractivity contribution in [1.82, 2.24) is 4.98 Å². The van der Waals surface area contributed by atoms with E-state index in [2.05, 4.69) is 10.3 Å². The first-order valence-electron chi connectivity index (χ1n) is 9.35. The van der Waals surface area contributed by atoms with Crippen molar-refractivity contribution in [2.45, 2.75) is 30.7 Å². The minimum absolute atomic E-state index is 0.0719. The quantitative estimate of drug-likeness (QED) is 0.685. The van der Waals surface area contributed by atoms with Crippen LogP contribution in [0.5, 0.6) is 0 Å². The third-order valence-corrected chi connectivity index (χ3v) is 5.94. The molecular formula is C23H21N3O2S. The predicted molar refractivity (Wildman–Crippen MR) is 116 cm³/mol. The van der Waals surface area contributed by atoms with Crippen LogP contribution in [0.25, 0.3) is 0 Å². The van der Waals surface area contributed by atoms with Crippen LogP contribution in [0, 0.1) is 20.8 Å². The lowest BCUT2D eigenvalue weighted by Gasteiger charge is -2.23. The molecule has 6 heteroatoms. The van der Waals surface area contributed by atoms with E-state index in [0.29, 0.717) is 16.3 Å². The second-order valence-corrected chi connectivity index (χ2v) is 8.17. The van der Waals surface area contributed by atoms with E-state index in [1.807, 2.05) is 57.2 Å². The summed E-state index contributed by atoms with van der Waals surface area (Å²) in [4.78, 5) is 33.0. The second kappa shape index (κ2) is 7.72. The molecule has 1 aliphatic heterocycles. The molecular weight excluding hydrogens is 382 g/mol. The Morgan fingerprint density at radius 2 is 1.79 bits per heavy atom. The Kier molecular flexibility index (Phi) is 5.11. The number of carbonyl (C=O) groups excluding carboxylic acids is 2. The lowest BCUT2D eigenvalue weighted by molar-refractivity contribution is -0.114. The van der Waals surface area contributed by atoms with E-state index in [4.69, 9.17) is 0 Å². The standard InChI is InChI=1S/C23H21N3O2S/c1-14-11-15(2)21(16(3)12-14)25-20(27)13-26-18-8-4-5-9-19(18)29-22-17(23(26)28)7-6-10-24-22/h4-12H,13H2,1-3H3,(H,25,27). The summed E-state index contributed by atoms with van der Waals surface area (Å²) in [5.41, 5.74) is 5.17. The van der Waals surface area contributed by atoms with E-state index in [9.17, 15) is 9.59 Å². The molecule has 0 unspecified atom stereocenters. The molecule has 29 heavy (non-hydrogen) atoms. The van der Waals surface area contributed by atoms with Gasteiger partial charge in [0.1, 0.15) is 11.6 Å². The molecule has 0 atom stereocenters. The number of amides is 2. The number of para-hydroxylation sites is 1. The Morgan fingerprint density at radius 1 is 1.07 bits per heavy atom. The van der Waals surface area contributed by atoms with Crippen molar-refractivity contribution < 1.29 is 9.59 Å². The summed E-state index contributed by atoms with van der Waals surface area (Å²) in [6.07, 6.45) is 1.67. The summed E-state index contributed by atoms with van der Waals surface area (Å²) < 4.78 is 0. The average Bonchev–Trinajstić information content (AvgIpc) is 2.80. The zero-order chi connectivity index (χ0) is 20.5. The van der Waals surface area contributed by atoms with Gasteiger partial charge < -0.3 is 5.32 Å². The van der Waals surface area contributed by atoms with Gasteiger partial charge in [-0.1, -0.05) is 41.6 Å². The number of aryl methyl sites for hydroxylation is 3. The number of hydrogen-bond acceptors (Lipinski definition) is 4. The second-order valence-electron chi connectivity index (χ2n) is 7.14. The number of nitrogens with one attached hydrogen (secondary N) is 1. The first kappa shape index (κ1) is 19.2. The van der Waals surface area contributed by atoms with E-state index in [0.717, 1.165) is 27.3 Å². The van der Waals surface area contributed by atoms with E-state index < -0.39 is 0 Å². The van der Waals surface area contributed by atoms with Gasteiger partial charge in [-0.25, -0.2) is 4.98 Å². The van der Waals surface area contributed by atoms with Gasteiger partial charge in [-0.05, 0) is 56.2 Å². The summed E-state index contributed by atoms with van der Waals surface area (Å²) in [7, 11) is 0. The first-order chi connectivity index (χ1) is 13.9. The summed E-state index contributed by atoms with van der Waals surface area (Å²) in [5, 5.41) is 3.64.